The molecule has 0 aliphatic heterocycles. The molecular formula is C7H12N4. The summed E-state index contributed by atoms with van der Waals surface area (Å²) in [5, 5.41) is 2.85. The monoisotopic (exact) mass is 152 g/mol. The second kappa shape index (κ2) is 2.65. The first-order valence-electron chi connectivity index (χ1n) is 3.35. The van der Waals surface area contributed by atoms with Gasteiger partial charge in [0.1, 0.15) is 0 Å². The third kappa shape index (κ3) is 1.19. The molecule has 1 rings (SSSR count). The van der Waals surface area contributed by atoms with Crippen LogP contribution in [0.15, 0.2) is 6.20 Å². The fourth-order valence-corrected chi connectivity index (χ4v) is 0.840. The van der Waals surface area contributed by atoms with Gasteiger partial charge < -0.3 is 16.8 Å². The molecule has 1 aromatic rings. The fraction of sp³-hybridized carbons (Fsp3) is 0.286. The van der Waals surface area contributed by atoms with E-state index in [0.717, 1.165) is 5.56 Å². The minimum Gasteiger partial charge on any atom is -0.397 e. The van der Waals surface area contributed by atoms with Gasteiger partial charge in [-0.3, -0.25) is 0 Å². The highest BCUT2D eigenvalue weighted by Crippen LogP contribution is 2.24. The Hall–Kier alpha value is -1.45. The minimum atomic E-state index is 0.521. The molecule has 0 fully saturated rings. The van der Waals surface area contributed by atoms with Gasteiger partial charge >= 0.3 is 0 Å². The number of pyridine rings is 1. The van der Waals surface area contributed by atoms with Crippen LogP contribution in [0.1, 0.15) is 5.56 Å². The first-order chi connectivity index (χ1) is 5.16. The van der Waals surface area contributed by atoms with Gasteiger partial charge in [-0.25, -0.2) is 4.98 Å². The van der Waals surface area contributed by atoms with Crippen molar-refractivity contribution < 1.29 is 0 Å². The van der Waals surface area contributed by atoms with Gasteiger partial charge in [-0.05, 0) is 12.5 Å². The lowest BCUT2D eigenvalue weighted by Crippen LogP contribution is -2.04. The maximum absolute atomic E-state index is 5.65. The third-order valence-electron chi connectivity index (χ3n) is 1.59. The van der Waals surface area contributed by atoms with E-state index in [1.54, 1.807) is 13.2 Å². The number of rotatable bonds is 1. The second-order valence-electron chi connectivity index (χ2n) is 2.37. The number of hydrogen-bond acceptors (Lipinski definition) is 4. The van der Waals surface area contributed by atoms with Crippen LogP contribution in [-0.2, 0) is 0 Å². The van der Waals surface area contributed by atoms with Gasteiger partial charge in [0, 0.05) is 13.2 Å². The van der Waals surface area contributed by atoms with Crippen LogP contribution in [-0.4, -0.2) is 12.0 Å². The zero-order chi connectivity index (χ0) is 8.43. The van der Waals surface area contributed by atoms with Gasteiger partial charge in [0.25, 0.3) is 0 Å². The van der Waals surface area contributed by atoms with Gasteiger partial charge in [0.15, 0.2) is 5.82 Å². The number of aromatic nitrogens is 1. The number of nitrogens with zero attached hydrogens (tertiary/aromatic N) is 1. The van der Waals surface area contributed by atoms with Crippen molar-refractivity contribution in [3.05, 3.63) is 11.8 Å². The summed E-state index contributed by atoms with van der Waals surface area (Å²) in [6, 6.07) is 0. The smallest absolute Gasteiger partial charge is 0.151 e. The molecule has 0 aliphatic carbocycles. The summed E-state index contributed by atoms with van der Waals surface area (Å²) >= 11 is 0. The Kier molecular flexibility index (Phi) is 1.85. The predicted molar refractivity (Wildman–Crippen MR) is 47.3 cm³/mol. The molecular weight excluding hydrogens is 140 g/mol. The summed E-state index contributed by atoms with van der Waals surface area (Å²) in [4.78, 5) is 4.04. The molecule has 0 bridgehead atoms. The highest BCUT2D eigenvalue weighted by molar-refractivity contribution is 5.77. The van der Waals surface area contributed by atoms with E-state index in [1.807, 2.05) is 6.92 Å². The van der Waals surface area contributed by atoms with Crippen LogP contribution in [0.3, 0.4) is 0 Å². The molecule has 0 radical (unpaired) electrons. The van der Waals surface area contributed by atoms with Gasteiger partial charge in [-0.2, -0.15) is 0 Å². The van der Waals surface area contributed by atoms with Crippen LogP contribution < -0.4 is 16.8 Å². The zero-order valence-corrected chi connectivity index (χ0v) is 6.68. The summed E-state index contributed by atoms with van der Waals surface area (Å²) in [5.41, 5.74) is 13.3. The molecule has 0 aromatic carbocycles. The van der Waals surface area contributed by atoms with E-state index in [4.69, 9.17) is 11.5 Å². The highest BCUT2D eigenvalue weighted by Gasteiger charge is 2.03. The Bertz CT molecular complexity index is 269. The van der Waals surface area contributed by atoms with Crippen molar-refractivity contribution in [2.24, 2.45) is 0 Å². The molecule has 0 atom stereocenters. The van der Waals surface area contributed by atoms with E-state index in [-0.39, 0.29) is 0 Å². The summed E-state index contributed by atoms with van der Waals surface area (Å²) in [6.45, 7) is 1.87. The van der Waals surface area contributed by atoms with Crippen molar-refractivity contribution in [2.45, 2.75) is 6.92 Å². The topological polar surface area (TPSA) is 77.0 Å². The average Bonchev–Trinajstić information content (AvgIpc) is 2.01. The standard InChI is InChI=1S/C7H12N4/c1-4-3-11-7(10-2)6(9)5(4)8/h3H,9H2,1-2H3,(H3,8,10,11). The molecule has 4 heteroatoms. The van der Waals surface area contributed by atoms with Gasteiger partial charge in [0.2, 0.25) is 0 Å². The predicted octanol–water partition coefficient (Wildman–Crippen LogP) is 0.596. The molecule has 0 spiro atoms. The number of nitrogens with one attached hydrogen (secondary N) is 1. The maximum Gasteiger partial charge on any atom is 0.151 e. The van der Waals surface area contributed by atoms with Gasteiger partial charge in [-0.15, -0.1) is 0 Å². The molecule has 0 unspecified atom stereocenters. The second-order valence-corrected chi connectivity index (χ2v) is 2.37. The Labute approximate surface area is 65.6 Å². The van der Waals surface area contributed by atoms with E-state index in [1.165, 1.54) is 0 Å². The number of hydrogen-bond donors (Lipinski definition) is 3. The molecule has 0 amide bonds. The third-order valence-corrected chi connectivity index (χ3v) is 1.59. The Morgan fingerprint density at radius 2 is 2.00 bits per heavy atom. The molecule has 0 saturated heterocycles. The summed E-state index contributed by atoms with van der Waals surface area (Å²) in [5.74, 6) is 0.633. The SMILES string of the molecule is CNc1ncc(C)c(N)c1N. The van der Waals surface area contributed by atoms with Crippen molar-refractivity contribution in [1.29, 1.82) is 0 Å². The molecule has 0 saturated carbocycles. The number of anilines is 3. The quantitative estimate of drug-likeness (QED) is 0.550. The van der Waals surface area contributed by atoms with Crippen molar-refractivity contribution in [2.75, 3.05) is 23.8 Å². The van der Waals surface area contributed by atoms with Crippen LogP contribution in [0.5, 0.6) is 0 Å². The zero-order valence-electron chi connectivity index (χ0n) is 6.68. The van der Waals surface area contributed by atoms with E-state index in [2.05, 4.69) is 10.3 Å². The van der Waals surface area contributed by atoms with Crippen LogP contribution in [0, 0.1) is 6.92 Å². The lowest BCUT2D eigenvalue weighted by atomic mass is 10.2. The van der Waals surface area contributed by atoms with E-state index >= 15 is 0 Å². The van der Waals surface area contributed by atoms with Crippen molar-refractivity contribution in [3.63, 3.8) is 0 Å². The van der Waals surface area contributed by atoms with Crippen molar-refractivity contribution in [3.8, 4) is 0 Å². The first-order valence-corrected chi connectivity index (χ1v) is 3.35. The Balaban J connectivity index is 3.25. The lowest BCUT2D eigenvalue weighted by Gasteiger charge is -2.07. The molecule has 1 aromatic heterocycles. The largest absolute Gasteiger partial charge is 0.397 e. The number of nitrogens with two attached hydrogens (primary N) is 2. The first kappa shape index (κ1) is 7.65. The normalized spacial score (nSPS) is 9.64. The molecule has 1 heterocycles. The van der Waals surface area contributed by atoms with E-state index in [0.29, 0.717) is 17.2 Å². The Morgan fingerprint density at radius 3 is 2.55 bits per heavy atom. The van der Waals surface area contributed by atoms with Crippen molar-refractivity contribution >= 4 is 17.2 Å². The van der Waals surface area contributed by atoms with Crippen LogP contribution in [0.4, 0.5) is 17.2 Å². The molecule has 4 nitrogen and oxygen atoms in total. The maximum atomic E-state index is 5.65. The highest BCUT2D eigenvalue weighted by atomic mass is 15.0. The number of aryl methyl sites for hydroxylation is 1. The van der Waals surface area contributed by atoms with Crippen LogP contribution in [0.2, 0.25) is 0 Å². The van der Waals surface area contributed by atoms with Crippen LogP contribution in [0.25, 0.3) is 0 Å². The fourth-order valence-electron chi connectivity index (χ4n) is 0.840. The molecule has 5 N–H and O–H groups in total. The van der Waals surface area contributed by atoms with Gasteiger partial charge in [0.05, 0.1) is 11.4 Å². The van der Waals surface area contributed by atoms with E-state index in [9.17, 15) is 0 Å². The van der Waals surface area contributed by atoms with Crippen LogP contribution >= 0.6 is 0 Å². The summed E-state index contributed by atoms with van der Waals surface area (Å²) in [7, 11) is 1.76. The molecule has 60 valence electrons. The van der Waals surface area contributed by atoms with Crippen molar-refractivity contribution in [1.82, 2.24) is 4.98 Å². The van der Waals surface area contributed by atoms with Gasteiger partial charge in [-0.1, -0.05) is 0 Å². The Morgan fingerprint density at radius 1 is 1.36 bits per heavy atom. The molecule has 0 aliphatic rings. The summed E-state index contributed by atoms with van der Waals surface area (Å²) < 4.78 is 0. The lowest BCUT2D eigenvalue weighted by molar-refractivity contribution is 1.25. The minimum absolute atomic E-state index is 0.521. The number of nitrogen functional groups attached to an aromatic ring is 2. The molecule has 11 heavy (non-hydrogen) atoms. The van der Waals surface area contributed by atoms with E-state index < -0.39 is 0 Å². The summed E-state index contributed by atoms with van der Waals surface area (Å²) in [6.07, 6.45) is 1.69. The average molecular weight is 152 g/mol.